The van der Waals surface area contributed by atoms with Crippen molar-refractivity contribution in [2.45, 2.75) is 13.0 Å². The first kappa shape index (κ1) is 13.9. The summed E-state index contributed by atoms with van der Waals surface area (Å²) < 4.78 is 1.10. The number of nitrogens with zero attached hydrogens (tertiary/aromatic N) is 2. The van der Waals surface area contributed by atoms with E-state index in [2.05, 4.69) is 50.2 Å². The minimum absolute atomic E-state index is 0.223. The van der Waals surface area contributed by atoms with Gasteiger partial charge in [-0.05, 0) is 30.7 Å². The molecule has 0 saturated carbocycles. The molecular formula is C15H18BrN3. The van der Waals surface area contributed by atoms with Gasteiger partial charge in [-0.15, -0.1) is 0 Å². The number of hydrogen-bond donors (Lipinski definition) is 1. The molecule has 3 nitrogen and oxygen atoms in total. The summed E-state index contributed by atoms with van der Waals surface area (Å²) in [7, 11) is 4.06. The van der Waals surface area contributed by atoms with Crippen LogP contribution < -0.4 is 10.2 Å². The van der Waals surface area contributed by atoms with Gasteiger partial charge in [0.05, 0.1) is 17.6 Å². The normalized spacial score (nSPS) is 12.0. The summed E-state index contributed by atoms with van der Waals surface area (Å²) in [6, 6.07) is 10.6. The number of pyridine rings is 1. The predicted octanol–water partition coefficient (Wildman–Crippen LogP) is 4.08. The molecule has 1 aromatic heterocycles. The Morgan fingerprint density at radius 3 is 2.74 bits per heavy atom. The van der Waals surface area contributed by atoms with Gasteiger partial charge in [0, 0.05) is 30.8 Å². The molecule has 2 rings (SSSR count). The van der Waals surface area contributed by atoms with Crippen LogP contribution in [0, 0.1) is 0 Å². The Balaban J connectivity index is 2.22. The molecule has 0 aliphatic carbocycles. The molecule has 0 aliphatic heterocycles. The summed E-state index contributed by atoms with van der Waals surface area (Å²) in [5.74, 6) is 0. The van der Waals surface area contributed by atoms with E-state index in [1.165, 1.54) is 5.56 Å². The smallest absolute Gasteiger partial charge is 0.0768 e. The van der Waals surface area contributed by atoms with Gasteiger partial charge in [-0.2, -0.15) is 0 Å². The molecule has 4 heteroatoms. The molecule has 100 valence electrons. The Labute approximate surface area is 122 Å². The molecule has 0 saturated heterocycles. The number of rotatable bonds is 4. The largest absolute Gasteiger partial charge is 0.376 e. The van der Waals surface area contributed by atoms with E-state index < -0.39 is 0 Å². The average Bonchev–Trinajstić information content (AvgIpc) is 2.39. The molecule has 1 atom stereocenters. The molecule has 1 unspecified atom stereocenters. The van der Waals surface area contributed by atoms with Crippen LogP contribution >= 0.6 is 15.9 Å². The van der Waals surface area contributed by atoms with E-state index in [4.69, 9.17) is 0 Å². The summed E-state index contributed by atoms with van der Waals surface area (Å²) in [6.07, 6.45) is 3.67. The third kappa shape index (κ3) is 3.47. The summed E-state index contributed by atoms with van der Waals surface area (Å²) in [4.78, 5) is 6.27. The summed E-state index contributed by atoms with van der Waals surface area (Å²) >= 11 is 3.51. The van der Waals surface area contributed by atoms with Crippen LogP contribution in [0.2, 0.25) is 0 Å². The highest BCUT2D eigenvalue weighted by Gasteiger charge is 2.09. The van der Waals surface area contributed by atoms with E-state index >= 15 is 0 Å². The lowest BCUT2D eigenvalue weighted by Crippen LogP contribution is -2.14. The van der Waals surface area contributed by atoms with Crippen molar-refractivity contribution in [2.24, 2.45) is 0 Å². The minimum Gasteiger partial charge on any atom is -0.376 e. The average molecular weight is 320 g/mol. The summed E-state index contributed by atoms with van der Waals surface area (Å²) in [6.45, 7) is 2.15. The van der Waals surface area contributed by atoms with Crippen LogP contribution in [0.4, 0.5) is 11.4 Å². The number of benzene rings is 1. The Morgan fingerprint density at radius 1 is 1.26 bits per heavy atom. The molecule has 1 heterocycles. The molecule has 0 amide bonds. The number of hydrogen-bond acceptors (Lipinski definition) is 3. The highest BCUT2D eigenvalue weighted by molar-refractivity contribution is 9.10. The van der Waals surface area contributed by atoms with Gasteiger partial charge >= 0.3 is 0 Å². The Kier molecular flexibility index (Phi) is 4.43. The van der Waals surface area contributed by atoms with Crippen LogP contribution in [-0.2, 0) is 0 Å². The molecule has 0 aliphatic rings. The maximum atomic E-state index is 4.19. The first-order valence-corrected chi connectivity index (χ1v) is 7.00. The fourth-order valence-corrected chi connectivity index (χ4v) is 2.40. The third-order valence-electron chi connectivity index (χ3n) is 3.00. The molecule has 1 aromatic carbocycles. The van der Waals surface area contributed by atoms with Crippen LogP contribution in [0.15, 0.2) is 47.2 Å². The van der Waals surface area contributed by atoms with Gasteiger partial charge in [0.25, 0.3) is 0 Å². The molecule has 0 spiro atoms. The van der Waals surface area contributed by atoms with E-state index in [1.54, 1.807) is 0 Å². The van der Waals surface area contributed by atoms with Crippen molar-refractivity contribution in [3.05, 3.63) is 52.8 Å². The zero-order chi connectivity index (χ0) is 13.8. The van der Waals surface area contributed by atoms with Crippen LogP contribution in [-0.4, -0.2) is 19.1 Å². The fourth-order valence-electron chi connectivity index (χ4n) is 1.98. The monoisotopic (exact) mass is 319 g/mol. The van der Waals surface area contributed by atoms with Crippen molar-refractivity contribution in [2.75, 3.05) is 24.3 Å². The summed E-state index contributed by atoms with van der Waals surface area (Å²) in [5.41, 5.74) is 3.42. The van der Waals surface area contributed by atoms with Crippen LogP contribution in [0.5, 0.6) is 0 Å². The van der Waals surface area contributed by atoms with Gasteiger partial charge in [0.2, 0.25) is 0 Å². The van der Waals surface area contributed by atoms with Gasteiger partial charge < -0.3 is 10.2 Å². The highest BCUT2D eigenvalue weighted by atomic mass is 79.9. The van der Waals surface area contributed by atoms with Crippen LogP contribution in [0.1, 0.15) is 18.5 Å². The van der Waals surface area contributed by atoms with Crippen molar-refractivity contribution in [3.63, 3.8) is 0 Å². The third-order valence-corrected chi connectivity index (χ3v) is 3.49. The quantitative estimate of drug-likeness (QED) is 0.920. The topological polar surface area (TPSA) is 28.2 Å². The fraction of sp³-hybridized carbons (Fsp3) is 0.267. The standard InChI is InChI=1S/C15H18BrN3/c1-11(12-5-4-6-13(16)9-12)18-14-10-17-8-7-15(14)19(2)3/h4-11,18H,1-3H3. The second-order valence-electron chi connectivity index (χ2n) is 4.71. The second kappa shape index (κ2) is 6.06. The van der Waals surface area contributed by atoms with Crippen molar-refractivity contribution >= 4 is 27.3 Å². The molecule has 0 fully saturated rings. The number of nitrogens with one attached hydrogen (secondary N) is 1. The Morgan fingerprint density at radius 2 is 2.05 bits per heavy atom. The van der Waals surface area contributed by atoms with E-state index in [-0.39, 0.29) is 6.04 Å². The molecule has 0 bridgehead atoms. The van der Waals surface area contributed by atoms with Gasteiger partial charge in [-0.25, -0.2) is 0 Å². The van der Waals surface area contributed by atoms with Gasteiger partial charge in [0.1, 0.15) is 0 Å². The molecule has 19 heavy (non-hydrogen) atoms. The molecular weight excluding hydrogens is 302 g/mol. The van der Waals surface area contributed by atoms with Gasteiger partial charge in [0.15, 0.2) is 0 Å². The minimum atomic E-state index is 0.223. The number of anilines is 2. The first-order valence-electron chi connectivity index (χ1n) is 6.21. The Bertz CT molecular complexity index is 555. The Hall–Kier alpha value is -1.55. The zero-order valence-corrected chi connectivity index (χ0v) is 13.0. The molecule has 1 N–H and O–H groups in total. The summed E-state index contributed by atoms with van der Waals surface area (Å²) in [5, 5.41) is 3.51. The van der Waals surface area contributed by atoms with Crippen molar-refractivity contribution < 1.29 is 0 Å². The highest BCUT2D eigenvalue weighted by Crippen LogP contribution is 2.27. The SMILES string of the molecule is CC(Nc1cnccc1N(C)C)c1cccc(Br)c1. The van der Waals surface area contributed by atoms with Crippen molar-refractivity contribution in [3.8, 4) is 0 Å². The lowest BCUT2D eigenvalue weighted by atomic mass is 10.1. The lowest BCUT2D eigenvalue weighted by molar-refractivity contribution is 0.880. The lowest BCUT2D eigenvalue weighted by Gasteiger charge is -2.21. The van der Waals surface area contributed by atoms with Crippen LogP contribution in [0.25, 0.3) is 0 Å². The van der Waals surface area contributed by atoms with E-state index in [0.29, 0.717) is 0 Å². The van der Waals surface area contributed by atoms with E-state index in [9.17, 15) is 0 Å². The molecule has 0 radical (unpaired) electrons. The number of halogens is 1. The van der Waals surface area contributed by atoms with Crippen LogP contribution in [0.3, 0.4) is 0 Å². The van der Waals surface area contributed by atoms with Crippen molar-refractivity contribution in [1.29, 1.82) is 0 Å². The van der Waals surface area contributed by atoms with Gasteiger partial charge in [-0.1, -0.05) is 28.1 Å². The zero-order valence-electron chi connectivity index (χ0n) is 11.4. The van der Waals surface area contributed by atoms with E-state index in [1.807, 2.05) is 44.7 Å². The molecule has 2 aromatic rings. The second-order valence-corrected chi connectivity index (χ2v) is 5.62. The predicted molar refractivity (Wildman–Crippen MR) is 84.7 cm³/mol. The van der Waals surface area contributed by atoms with E-state index in [0.717, 1.165) is 15.8 Å². The van der Waals surface area contributed by atoms with Gasteiger partial charge in [-0.3, -0.25) is 4.98 Å². The first-order chi connectivity index (χ1) is 9.08. The van der Waals surface area contributed by atoms with Crippen molar-refractivity contribution in [1.82, 2.24) is 4.98 Å². The maximum Gasteiger partial charge on any atom is 0.0768 e. The maximum absolute atomic E-state index is 4.19. The number of aromatic nitrogens is 1.